The molecule has 0 aliphatic heterocycles. The van der Waals surface area contributed by atoms with Gasteiger partial charge in [0, 0.05) is 17.8 Å². The fraction of sp³-hybridized carbons (Fsp3) is 0.158. The van der Waals surface area contributed by atoms with Crippen molar-refractivity contribution >= 4 is 23.3 Å². The van der Waals surface area contributed by atoms with Gasteiger partial charge >= 0.3 is 0 Å². The SMILES string of the molecule is CC.N#Cc1ccc(Nc2nc(N)nc(-c3ccccc3CN)n2)cc1N. The first-order valence-electron chi connectivity index (χ1n) is 8.47. The predicted molar refractivity (Wildman–Crippen MR) is 108 cm³/mol. The topological polar surface area (TPSA) is 153 Å². The van der Waals surface area contributed by atoms with Crippen LogP contribution in [0.25, 0.3) is 11.4 Å². The number of hydrogen-bond donors (Lipinski definition) is 4. The highest BCUT2D eigenvalue weighted by atomic mass is 15.2. The average molecular weight is 362 g/mol. The molecule has 3 aromatic rings. The number of nitrogens with one attached hydrogen (secondary N) is 1. The van der Waals surface area contributed by atoms with Gasteiger partial charge in [-0.15, -0.1) is 0 Å². The van der Waals surface area contributed by atoms with Crippen molar-refractivity contribution in [1.82, 2.24) is 15.0 Å². The van der Waals surface area contributed by atoms with Crippen molar-refractivity contribution in [3.63, 3.8) is 0 Å². The maximum absolute atomic E-state index is 8.94. The zero-order valence-corrected chi connectivity index (χ0v) is 15.3. The van der Waals surface area contributed by atoms with Gasteiger partial charge in [-0.2, -0.15) is 20.2 Å². The van der Waals surface area contributed by atoms with E-state index in [1.807, 2.05) is 44.2 Å². The summed E-state index contributed by atoms with van der Waals surface area (Å²) in [6.45, 7) is 4.36. The van der Waals surface area contributed by atoms with Gasteiger partial charge in [0.2, 0.25) is 11.9 Å². The van der Waals surface area contributed by atoms with Crippen LogP contribution in [0.1, 0.15) is 25.0 Å². The molecule has 0 saturated carbocycles. The number of rotatable bonds is 4. The number of hydrogen-bond acceptors (Lipinski definition) is 8. The minimum Gasteiger partial charge on any atom is -0.398 e. The second kappa shape index (κ2) is 9.12. The zero-order valence-electron chi connectivity index (χ0n) is 15.3. The van der Waals surface area contributed by atoms with Gasteiger partial charge < -0.3 is 22.5 Å². The Balaban J connectivity index is 0.00000126. The summed E-state index contributed by atoms with van der Waals surface area (Å²) in [7, 11) is 0. The monoisotopic (exact) mass is 362 g/mol. The molecule has 0 amide bonds. The van der Waals surface area contributed by atoms with Crippen LogP contribution in [-0.2, 0) is 6.54 Å². The fourth-order valence-electron chi connectivity index (χ4n) is 2.36. The van der Waals surface area contributed by atoms with E-state index in [4.69, 9.17) is 22.5 Å². The van der Waals surface area contributed by atoms with E-state index in [2.05, 4.69) is 20.3 Å². The Labute approximate surface area is 158 Å². The van der Waals surface area contributed by atoms with Crippen LogP contribution in [-0.4, -0.2) is 15.0 Å². The van der Waals surface area contributed by atoms with Gasteiger partial charge in [-0.1, -0.05) is 38.1 Å². The lowest BCUT2D eigenvalue weighted by atomic mass is 10.1. The number of anilines is 4. The minimum absolute atomic E-state index is 0.0842. The summed E-state index contributed by atoms with van der Waals surface area (Å²) >= 11 is 0. The Bertz CT molecular complexity index is 962. The predicted octanol–water partition coefficient (Wildman–Crippen LogP) is 2.80. The van der Waals surface area contributed by atoms with E-state index in [0.29, 0.717) is 29.3 Å². The Morgan fingerprint density at radius 2 is 1.78 bits per heavy atom. The first kappa shape index (κ1) is 19.6. The van der Waals surface area contributed by atoms with Crippen LogP contribution in [0.5, 0.6) is 0 Å². The Morgan fingerprint density at radius 1 is 1.04 bits per heavy atom. The lowest BCUT2D eigenvalue weighted by Crippen LogP contribution is -2.07. The number of benzene rings is 2. The van der Waals surface area contributed by atoms with Crippen molar-refractivity contribution in [3.05, 3.63) is 53.6 Å². The van der Waals surface area contributed by atoms with E-state index in [1.165, 1.54) is 0 Å². The third kappa shape index (κ3) is 4.68. The van der Waals surface area contributed by atoms with Gasteiger partial charge in [0.05, 0.1) is 11.3 Å². The summed E-state index contributed by atoms with van der Waals surface area (Å²) in [6, 6.07) is 14.5. The van der Waals surface area contributed by atoms with Crippen LogP contribution in [0.15, 0.2) is 42.5 Å². The summed E-state index contributed by atoms with van der Waals surface area (Å²) in [5.74, 6) is 0.789. The largest absolute Gasteiger partial charge is 0.398 e. The average Bonchev–Trinajstić information content (AvgIpc) is 2.69. The van der Waals surface area contributed by atoms with Crippen molar-refractivity contribution in [2.45, 2.75) is 20.4 Å². The van der Waals surface area contributed by atoms with Crippen LogP contribution in [0.4, 0.5) is 23.3 Å². The quantitative estimate of drug-likeness (QED) is 0.517. The molecular weight excluding hydrogens is 340 g/mol. The molecule has 138 valence electrons. The fourth-order valence-corrected chi connectivity index (χ4v) is 2.36. The van der Waals surface area contributed by atoms with Crippen molar-refractivity contribution in [2.24, 2.45) is 5.73 Å². The minimum atomic E-state index is 0.0842. The third-order valence-corrected chi connectivity index (χ3v) is 3.56. The van der Waals surface area contributed by atoms with Crippen LogP contribution in [0, 0.1) is 11.3 Å². The standard InChI is InChI=1S/C17H16N8.C2H6/c18-8-10-3-1-2-4-13(10)15-23-16(21)25-17(24-15)22-12-6-5-11(9-19)14(20)7-12;1-2/h1-7H,8,18,20H2,(H3,21,22,23,24,25);1-2H3. The van der Waals surface area contributed by atoms with E-state index in [1.54, 1.807) is 18.2 Å². The molecule has 0 aliphatic rings. The maximum Gasteiger partial charge on any atom is 0.232 e. The molecule has 0 aliphatic carbocycles. The lowest BCUT2D eigenvalue weighted by Gasteiger charge is -2.10. The van der Waals surface area contributed by atoms with E-state index in [9.17, 15) is 0 Å². The van der Waals surface area contributed by atoms with Crippen molar-refractivity contribution < 1.29 is 0 Å². The number of nitrogens with two attached hydrogens (primary N) is 3. The molecule has 2 aromatic carbocycles. The molecule has 0 atom stereocenters. The lowest BCUT2D eigenvalue weighted by molar-refractivity contribution is 1.04. The van der Waals surface area contributed by atoms with E-state index < -0.39 is 0 Å². The van der Waals surface area contributed by atoms with Crippen LogP contribution >= 0.6 is 0 Å². The van der Waals surface area contributed by atoms with Gasteiger partial charge in [-0.25, -0.2) is 0 Å². The molecule has 8 nitrogen and oxygen atoms in total. The first-order chi connectivity index (χ1) is 13.1. The van der Waals surface area contributed by atoms with Gasteiger partial charge in [0.25, 0.3) is 0 Å². The Morgan fingerprint density at radius 3 is 2.44 bits per heavy atom. The molecule has 0 unspecified atom stereocenters. The number of nitrogens with zero attached hydrogens (tertiary/aromatic N) is 4. The second-order valence-electron chi connectivity index (χ2n) is 5.24. The number of aromatic nitrogens is 3. The molecule has 3 rings (SSSR count). The van der Waals surface area contributed by atoms with Gasteiger partial charge in [-0.3, -0.25) is 0 Å². The number of nitrogen functional groups attached to an aromatic ring is 2. The molecule has 27 heavy (non-hydrogen) atoms. The number of nitriles is 1. The summed E-state index contributed by atoms with van der Waals surface area (Å²) in [5, 5.41) is 12.0. The molecule has 1 aromatic heterocycles. The van der Waals surface area contributed by atoms with Crippen LogP contribution < -0.4 is 22.5 Å². The molecular formula is C19H22N8. The summed E-state index contributed by atoms with van der Waals surface area (Å²) in [5.41, 5.74) is 20.5. The van der Waals surface area contributed by atoms with E-state index in [0.717, 1.165) is 11.1 Å². The van der Waals surface area contributed by atoms with Crippen molar-refractivity contribution in [2.75, 3.05) is 16.8 Å². The molecule has 0 radical (unpaired) electrons. The molecule has 0 fully saturated rings. The third-order valence-electron chi connectivity index (χ3n) is 3.56. The molecule has 0 bridgehead atoms. The first-order valence-corrected chi connectivity index (χ1v) is 8.47. The van der Waals surface area contributed by atoms with Crippen molar-refractivity contribution in [3.8, 4) is 17.5 Å². The summed E-state index contributed by atoms with van der Waals surface area (Å²) < 4.78 is 0. The maximum atomic E-state index is 8.94. The highest BCUT2D eigenvalue weighted by Gasteiger charge is 2.11. The summed E-state index contributed by atoms with van der Waals surface area (Å²) in [4.78, 5) is 12.7. The van der Waals surface area contributed by atoms with Gasteiger partial charge in [0.1, 0.15) is 6.07 Å². The zero-order chi connectivity index (χ0) is 19.8. The highest BCUT2D eigenvalue weighted by Crippen LogP contribution is 2.24. The highest BCUT2D eigenvalue weighted by molar-refractivity contribution is 5.67. The van der Waals surface area contributed by atoms with Gasteiger partial charge in [0.15, 0.2) is 5.82 Å². The van der Waals surface area contributed by atoms with Gasteiger partial charge in [-0.05, 0) is 23.8 Å². The normalized spacial score (nSPS) is 9.70. The molecule has 0 saturated heterocycles. The molecule has 0 spiro atoms. The van der Waals surface area contributed by atoms with E-state index in [-0.39, 0.29) is 11.9 Å². The smallest absolute Gasteiger partial charge is 0.232 e. The van der Waals surface area contributed by atoms with Crippen molar-refractivity contribution in [1.29, 1.82) is 5.26 Å². The molecule has 1 heterocycles. The van der Waals surface area contributed by atoms with Crippen LogP contribution in [0.3, 0.4) is 0 Å². The Hall–Kier alpha value is -3.70. The van der Waals surface area contributed by atoms with Crippen LogP contribution in [0.2, 0.25) is 0 Å². The molecule has 8 heteroatoms. The molecule has 7 N–H and O–H groups in total. The van der Waals surface area contributed by atoms with E-state index >= 15 is 0 Å². The summed E-state index contributed by atoms with van der Waals surface area (Å²) in [6.07, 6.45) is 0. The second-order valence-corrected chi connectivity index (χ2v) is 5.24. The Kier molecular flexibility index (Phi) is 6.63.